The van der Waals surface area contributed by atoms with Crippen molar-refractivity contribution in [2.24, 2.45) is 0 Å². The molecule has 0 aliphatic heterocycles. The number of benzene rings is 4. The van der Waals surface area contributed by atoms with E-state index in [-0.39, 0.29) is 6.03 Å². The van der Waals surface area contributed by atoms with E-state index in [1.807, 2.05) is 12.3 Å². The lowest BCUT2D eigenvalue weighted by Gasteiger charge is -2.12. The van der Waals surface area contributed by atoms with E-state index in [2.05, 4.69) is 35.6 Å². The second kappa shape index (κ2) is 16.4. The fourth-order valence-corrected chi connectivity index (χ4v) is 5.60. The summed E-state index contributed by atoms with van der Waals surface area (Å²) in [6.07, 6.45) is 2.87. The zero-order valence-corrected chi connectivity index (χ0v) is 30.1. The van der Waals surface area contributed by atoms with Crippen molar-refractivity contribution < 1.29 is 33.2 Å². The Morgan fingerprint density at radius 1 is 0.642 bits per heavy atom. The second-order valence-electron chi connectivity index (χ2n) is 11.0. The van der Waals surface area contributed by atoms with Crippen LogP contribution in [-0.2, 0) is 0 Å². The molecule has 0 bridgehead atoms. The molecule has 0 saturated carbocycles. The van der Waals surface area contributed by atoms with E-state index in [0.717, 1.165) is 11.1 Å². The summed E-state index contributed by atoms with van der Waals surface area (Å²) in [5.74, 6) is 4.33. The molecule has 0 fully saturated rings. The Hall–Kier alpha value is -6.94. The molecule has 0 aliphatic carbocycles. The third kappa shape index (κ3) is 8.69. The van der Waals surface area contributed by atoms with Crippen LogP contribution in [0.5, 0.6) is 46.3 Å². The topological polar surface area (TPSA) is 187 Å². The molecule has 3 aromatic heterocycles. The van der Waals surface area contributed by atoms with Crippen LogP contribution in [0, 0.1) is 6.92 Å². The first kappa shape index (κ1) is 35.9. The Morgan fingerprint density at radius 2 is 1.11 bits per heavy atom. The monoisotopic (exact) mass is 734 g/mol. The quantitative estimate of drug-likeness (QED) is 0.115. The van der Waals surface area contributed by atoms with E-state index < -0.39 is 0 Å². The Bertz CT molecular complexity index is 2360. The number of nitrogens with zero attached hydrogens (tertiary/aromatic N) is 5. The Balaban J connectivity index is 0.000000192. The highest BCUT2D eigenvalue weighted by atomic mass is 32.1. The van der Waals surface area contributed by atoms with Gasteiger partial charge in [0.05, 0.1) is 55.9 Å². The molecule has 0 saturated heterocycles. The van der Waals surface area contributed by atoms with Crippen molar-refractivity contribution in [3.8, 4) is 46.3 Å². The average Bonchev–Trinajstić information content (AvgIpc) is 3.59. The van der Waals surface area contributed by atoms with Crippen LogP contribution in [-0.4, -0.2) is 59.4 Å². The highest BCUT2D eigenvalue weighted by Gasteiger charge is 2.14. The van der Waals surface area contributed by atoms with Crippen molar-refractivity contribution in [3.05, 3.63) is 96.5 Å². The van der Waals surface area contributed by atoms with Crippen LogP contribution in [0.1, 0.15) is 5.69 Å². The number of hydrogen-bond acceptors (Lipinski definition) is 14. The first-order chi connectivity index (χ1) is 25.8. The number of urea groups is 1. The van der Waals surface area contributed by atoms with Crippen LogP contribution in [0.3, 0.4) is 0 Å². The molecule has 3 heterocycles. The van der Waals surface area contributed by atoms with Gasteiger partial charge in [-0.05, 0) is 67.6 Å². The van der Waals surface area contributed by atoms with Crippen LogP contribution < -0.4 is 44.8 Å². The number of nitrogens with one attached hydrogen (secondary N) is 2. The first-order valence-corrected chi connectivity index (χ1v) is 16.7. The summed E-state index contributed by atoms with van der Waals surface area (Å²) < 4.78 is 33.0. The number of thiazole rings is 1. The smallest absolute Gasteiger partial charge is 0.325 e. The number of nitrogens with two attached hydrogens (primary N) is 1. The lowest BCUT2D eigenvalue weighted by molar-refractivity contribution is 0.262. The summed E-state index contributed by atoms with van der Waals surface area (Å²) >= 11 is 1.37. The van der Waals surface area contributed by atoms with Gasteiger partial charge in [-0.15, -0.1) is 11.3 Å². The highest BCUT2D eigenvalue weighted by molar-refractivity contribution is 7.13. The lowest BCUT2D eigenvalue weighted by atomic mass is 10.2. The molecule has 270 valence electrons. The number of carbonyl (C=O) groups is 1. The highest BCUT2D eigenvalue weighted by Crippen LogP contribution is 2.37. The molecule has 0 radical (unpaired) electrons. The summed E-state index contributed by atoms with van der Waals surface area (Å²) in [6, 6.07) is 20.8. The van der Waals surface area contributed by atoms with Gasteiger partial charge in [-0.3, -0.25) is 5.32 Å². The zero-order valence-electron chi connectivity index (χ0n) is 29.2. The van der Waals surface area contributed by atoms with Crippen molar-refractivity contribution in [1.29, 1.82) is 0 Å². The normalized spacial score (nSPS) is 10.5. The van der Waals surface area contributed by atoms with Crippen LogP contribution in [0.2, 0.25) is 0 Å². The minimum atomic E-state index is -0.370. The molecule has 53 heavy (non-hydrogen) atoms. The van der Waals surface area contributed by atoms with Crippen molar-refractivity contribution >= 4 is 55.7 Å². The van der Waals surface area contributed by atoms with Gasteiger partial charge in [0.1, 0.15) is 24.2 Å². The van der Waals surface area contributed by atoms with Crippen LogP contribution in [0.25, 0.3) is 21.8 Å². The number of methoxy groups -OCH3 is 4. The van der Waals surface area contributed by atoms with Gasteiger partial charge in [0, 0.05) is 28.9 Å². The van der Waals surface area contributed by atoms with Gasteiger partial charge >= 0.3 is 6.03 Å². The van der Waals surface area contributed by atoms with Crippen molar-refractivity contribution in [3.63, 3.8) is 0 Å². The first-order valence-electron chi connectivity index (χ1n) is 15.8. The van der Waals surface area contributed by atoms with E-state index in [1.54, 1.807) is 101 Å². The number of nitrogen functional groups attached to an aromatic ring is 1. The number of rotatable bonds is 10. The Labute approximate surface area is 307 Å². The predicted molar refractivity (Wildman–Crippen MR) is 202 cm³/mol. The van der Waals surface area contributed by atoms with Crippen LogP contribution in [0.15, 0.2) is 90.8 Å². The Kier molecular flexibility index (Phi) is 11.1. The van der Waals surface area contributed by atoms with E-state index >= 15 is 0 Å². The number of carbonyl (C=O) groups excluding carboxylic acids is 1. The fourth-order valence-electron chi connectivity index (χ4n) is 4.92. The van der Waals surface area contributed by atoms with E-state index in [4.69, 9.17) is 34.2 Å². The van der Waals surface area contributed by atoms with Crippen LogP contribution >= 0.6 is 11.3 Å². The maximum Gasteiger partial charge on any atom is 0.325 e. The Morgan fingerprint density at radius 3 is 1.57 bits per heavy atom. The van der Waals surface area contributed by atoms with Gasteiger partial charge < -0.3 is 39.5 Å². The number of ether oxygens (including phenoxy) is 6. The second-order valence-corrected chi connectivity index (χ2v) is 11.8. The fraction of sp³-hybridized carbons (Fsp3) is 0.135. The molecule has 7 rings (SSSR count). The average molecular weight is 735 g/mol. The minimum Gasteiger partial charge on any atom is -0.493 e. The molecule has 7 aromatic rings. The molecule has 0 aliphatic rings. The van der Waals surface area contributed by atoms with Gasteiger partial charge in [0.25, 0.3) is 0 Å². The van der Waals surface area contributed by atoms with Crippen molar-refractivity contribution in [1.82, 2.24) is 24.9 Å². The molecule has 0 atom stereocenters. The van der Waals surface area contributed by atoms with Crippen LogP contribution in [0.4, 0.5) is 21.3 Å². The number of aromatic nitrogens is 5. The summed E-state index contributed by atoms with van der Waals surface area (Å²) in [6.45, 7) is 1.87. The standard InChI is InChI=1S/C21H19N5O4S.C16H15N3O3/c1-12-10-31-21(24-12)26-20(27)25-13-4-6-14(7-5-13)30-19-15-8-17(28-2)18(29-3)9-16(15)22-11-23-19;1-20-14-7-12-13(8-15(14)21-2)18-9-19-16(12)22-11-5-3-10(17)4-6-11/h4-11H,1-3H3,(H2,24,25,26,27);3-9H,17H2,1-2H3. The molecule has 15 nitrogen and oxygen atoms in total. The summed E-state index contributed by atoms with van der Waals surface area (Å²) in [4.78, 5) is 33.2. The molecule has 16 heteroatoms. The molecule has 0 unspecified atom stereocenters. The van der Waals surface area contributed by atoms with Gasteiger partial charge in [-0.25, -0.2) is 29.7 Å². The molecule has 4 N–H and O–H groups in total. The molecular formula is C37H34N8O7S. The molecule has 0 spiro atoms. The number of aryl methyl sites for hydroxylation is 1. The minimum absolute atomic E-state index is 0.370. The predicted octanol–water partition coefficient (Wildman–Crippen LogP) is 7.87. The molecule has 4 aromatic carbocycles. The largest absolute Gasteiger partial charge is 0.493 e. The zero-order chi connectivity index (χ0) is 37.3. The number of anilines is 3. The molecule has 2 amide bonds. The number of amides is 2. The van der Waals surface area contributed by atoms with Gasteiger partial charge in [-0.2, -0.15) is 0 Å². The van der Waals surface area contributed by atoms with E-state index in [9.17, 15) is 4.79 Å². The summed E-state index contributed by atoms with van der Waals surface area (Å²) in [5.41, 5.74) is 9.17. The third-order valence-corrected chi connectivity index (χ3v) is 8.34. The number of hydrogen-bond donors (Lipinski definition) is 3. The number of fused-ring (bicyclic) bond motifs is 2. The van der Waals surface area contributed by atoms with Crippen molar-refractivity contribution in [2.45, 2.75) is 6.92 Å². The summed E-state index contributed by atoms with van der Waals surface area (Å²) in [7, 11) is 6.28. The SMILES string of the molecule is COc1cc2ncnc(Oc3ccc(N)cc3)c2cc1OC.COc1cc2ncnc(Oc3ccc(NC(=O)Nc4nc(C)cs4)cc3)c2cc1OC. The maximum absolute atomic E-state index is 12.1. The summed E-state index contributed by atoms with van der Waals surface area (Å²) in [5, 5.41) is 9.27. The lowest BCUT2D eigenvalue weighted by Crippen LogP contribution is -2.19. The third-order valence-electron chi connectivity index (χ3n) is 7.47. The van der Waals surface area contributed by atoms with Gasteiger partial charge in [0.15, 0.2) is 28.1 Å². The van der Waals surface area contributed by atoms with Gasteiger partial charge in [0.2, 0.25) is 11.8 Å². The van der Waals surface area contributed by atoms with E-state index in [0.29, 0.717) is 79.2 Å². The van der Waals surface area contributed by atoms with Gasteiger partial charge in [-0.1, -0.05) is 0 Å². The maximum atomic E-state index is 12.1. The van der Waals surface area contributed by atoms with E-state index in [1.165, 1.54) is 24.0 Å². The van der Waals surface area contributed by atoms with Crippen molar-refractivity contribution in [2.75, 3.05) is 44.8 Å². The molecular weight excluding hydrogens is 701 g/mol.